The molecule has 17 heavy (non-hydrogen) atoms. The predicted molar refractivity (Wildman–Crippen MR) is 77.5 cm³/mol. The molecule has 2 nitrogen and oxygen atoms in total. The fourth-order valence-electron chi connectivity index (χ4n) is 1.84. The van der Waals surface area contributed by atoms with Gasteiger partial charge in [0.05, 0.1) is 6.10 Å². The molecule has 0 aliphatic heterocycles. The second-order valence-electron chi connectivity index (χ2n) is 4.35. The maximum atomic E-state index is 9.81. The van der Waals surface area contributed by atoms with Crippen LogP contribution in [-0.2, 0) is 0 Å². The monoisotopic (exact) mass is 297 g/mol. The van der Waals surface area contributed by atoms with E-state index in [0.717, 1.165) is 34.4 Å². The Balaban J connectivity index is 3.15. The molecule has 1 unspecified atom stereocenters. The number of hydrogen-bond donors (Lipinski definition) is 1. The van der Waals surface area contributed by atoms with Gasteiger partial charge in [-0.05, 0) is 32.9 Å². The van der Waals surface area contributed by atoms with Crippen molar-refractivity contribution in [1.29, 1.82) is 0 Å². The summed E-state index contributed by atoms with van der Waals surface area (Å²) < 4.78 is 1.03. The predicted octanol–water partition coefficient (Wildman–Crippen LogP) is 3.90. The van der Waals surface area contributed by atoms with Gasteiger partial charge in [0.25, 0.3) is 0 Å². The zero-order valence-corrected chi connectivity index (χ0v) is 12.3. The van der Waals surface area contributed by atoms with Gasteiger partial charge in [-0.15, -0.1) is 0 Å². The van der Waals surface area contributed by atoms with E-state index in [0.29, 0.717) is 0 Å². The number of rotatable bonds is 5. The molecule has 1 aromatic carbocycles. The highest BCUT2D eigenvalue weighted by Crippen LogP contribution is 2.30. The summed E-state index contributed by atoms with van der Waals surface area (Å²) in [5.41, 5.74) is 3.14. The van der Waals surface area contributed by atoms with E-state index in [1.165, 1.54) is 0 Å². The number of benzene rings is 1. The van der Waals surface area contributed by atoms with Crippen molar-refractivity contribution < 1.29 is 5.11 Å². The molecule has 0 saturated carbocycles. The summed E-state index contributed by atoms with van der Waals surface area (Å²) in [5, 5.41) is 9.81. The Kier molecular flexibility index (Phi) is 5.22. The Labute approximate surface area is 112 Å². The summed E-state index contributed by atoms with van der Waals surface area (Å²) >= 11 is 3.48. The average Bonchev–Trinajstić information content (AvgIpc) is 2.25. The molecule has 0 fully saturated rings. The van der Waals surface area contributed by atoms with Crippen LogP contribution in [0.3, 0.4) is 0 Å². The third kappa shape index (κ3) is 3.86. The first-order chi connectivity index (χ1) is 7.95. The molecule has 0 radical (unpaired) electrons. The van der Waals surface area contributed by atoms with Gasteiger partial charge in [0.15, 0.2) is 0 Å². The average molecular weight is 298 g/mol. The van der Waals surface area contributed by atoms with Crippen LogP contribution in [0.2, 0.25) is 0 Å². The molecule has 0 bridgehead atoms. The molecule has 0 amide bonds. The molecule has 0 heterocycles. The summed E-state index contributed by atoms with van der Waals surface area (Å²) in [6.45, 7) is 11.6. The second-order valence-corrected chi connectivity index (χ2v) is 5.27. The van der Waals surface area contributed by atoms with Gasteiger partial charge >= 0.3 is 0 Å². The molecule has 0 aromatic heterocycles. The first kappa shape index (κ1) is 14.3. The lowest BCUT2D eigenvalue weighted by molar-refractivity contribution is 0.199. The van der Waals surface area contributed by atoms with Crippen molar-refractivity contribution in [2.75, 3.05) is 18.0 Å². The SMILES string of the molecule is C=C(C)CN(CC)c1cc(Br)ccc1C(C)O. The van der Waals surface area contributed by atoms with Gasteiger partial charge in [-0.2, -0.15) is 0 Å². The highest BCUT2D eigenvalue weighted by atomic mass is 79.9. The summed E-state index contributed by atoms with van der Waals surface area (Å²) in [7, 11) is 0. The highest BCUT2D eigenvalue weighted by Gasteiger charge is 2.13. The van der Waals surface area contributed by atoms with E-state index in [9.17, 15) is 5.11 Å². The van der Waals surface area contributed by atoms with Crippen molar-refractivity contribution in [3.05, 3.63) is 40.4 Å². The number of nitrogens with zero attached hydrogens (tertiary/aromatic N) is 1. The van der Waals surface area contributed by atoms with Gasteiger partial charge in [0.2, 0.25) is 0 Å². The van der Waals surface area contributed by atoms with Crippen molar-refractivity contribution >= 4 is 21.6 Å². The standard InChI is InChI=1S/C14H20BrNO/c1-5-16(9-10(2)3)14-8-12(15)6-7-13(14)11(4)17/h6-8,11,17H,2,5,9H2,1,3-4H3. The van der Waals surface area contributed by atoms with Gasteiger partial charge in [0.1, 0.15) is 0 Å². The lowest BCUT2D eigenvalue weighted by Gasteiger charge is -2.27. The van der Waals surface area contributed by atoms with Crippen LogP contribution < -0.4 is 4.90 Å². The zero-order chi connectivity index (χ0) is 13.0. The fourth-order valence-corrected chi connectivity index (χ4v) is 2.19. The quantitative estimate of drug-likeness (QED) is 0.833. The summed E-state index contributed by atoms with van der Waals surface area (Å²) in [6.07, 6.45) is -0.461. The summed E-state index contributed by atoms with van der Waals surface area (Å²) in [4.78, 5) is 2.22. The van der Waals surface area contributed by atoms with Crippen LogP contribution >= 0.6 is 15.9 Å². The Morgan fingerprint density at radius 1 is 1.53 bits per heavy atom. The van der Waals surface area contributed by atoms with E-state index in [1.807, 2.05) is 19.1 Å². The van der Waals surface area contributed by atoms with E-state index in [-0.39, 0.29) is 0 Å². The molecule has 3 heteroatoms. The lowest BCUT2D eigenvalue weighted by Crippen LogP contribution is -2.26. The van der Waals surface area contributed by atoms with Gasteiger partial charge in [-0.1, -0.05) is 34.1 Å². The molecule has 1 aromatic rings. The number of aliphatic hydroxyl groups excluding tert-OH is 1. The number of halogens is 1. The number of likely N-dealkylation sites (N-methyl/N-ethyl adjacent to an activating group) is 1. The minimum atomic E-state index is -0.461. The van der Waals surface area contributed by atoms with E-state index in [4.69, 9.17) is 0 Å². The third-order valence-electron chi connectivity index (χ3n) is 2.63. The number of anilines is 1. The fraction of sp³-hybridized carbons (Fsp3) is 0.429. The maximum absolute atomic E-state index is 9.81. The molecule has 1 N–H and O–H groups in total. The molecule has 94 valence electrons. The van der Waals surface area contributed by atoms with Crippen molar-refractivity contribution in [2.24, 2.45) is 0 Å². The Morgan fingerprint density at radius 2 is 2.18 bits per heavy atom. The van der Waals surface area contributed by atoms with Crippen LogP contribution in [0.25, 0.3) is 0 Å². The van der Waals surface area contributed by atoms with Crippen molar-refractivity contribution in [3.63, 3.8) is 0 Å². The van der Waals surface area contributed by atoms with Crippen LogP contribution in [0.5, 0.6) is 0 Å². The maximum Gasteiger partial charge on any atom is 0.0782 e. The molecule has 1 atom stereocenters. The summed E-state index contributed by atoms with van der Waals surface area (Å²) in [6, 6.07) is 5.97. The largest absolute Gasteiger partial charge is 0.389 e. The Hall–Kier alpha value is -0.800. The molecule has 0 spiro atoms. The smallest absolute Gasteiger partial charge is 0.0782 e. The number of aliphatic hydroxyl groups is 1. The van der Waals surface area contributed by atoms with Gasteiger partial charge in [0, 0.05) is 28.8 Å². The van der Waals surface area contributed by atoms with Crippen LogP contribution in [0.1, 0.15) is 32.4 Å². The van der Waals surface area contributed by atoms with Gasteiger partial charge in [-0.3, -0.25) is 0 Å². The Morgan fingerprint density at radius 3 is 2.65 bits per heavy atom. The van der Waals surface area contributed by atoms with Crippen molar-refractivity contribution in [3.8, 4) is 0 Å². The zero-order valence-electron chi connectivity index (χ0n) is 10.7. The first-order valence-corrected chi connectivity index (χ1v) is 6.61. The molecular formula is C14H20BrNO. The normalized spacial score (nSPS) is 12.3. The van der Waals surface area contributed by atoms with E-state index in [1.54, 1.807) is 6.92 Å². The number of hydrogen-bond acceptors (Lipinski definition) is 2. The molecule has 0 aliphatic rings. The van der Waals surface area contributed by atoms with E-state index >= 15 is 0 Å². The van der Waals surface area contributed by atoms with Crippen LogP contribution in [0.15, 0.2) is 34.8 Å². The first-order valence-electron chi connectivity index (χ1n) is 5.82. The third-order valence-corrected chi connectivity index (χ3v) is 3.12. The van der Waals surface area contributed by atoms with Crippen LogP contribution in [0.4, 0.5) is 5.69 Å². The molecule has 1 rings (SSSR count). The highest BCUT2D eigenvalue weighted by molar-refractivity contribution is 9.10. The van der Waals surface area contributed by atoms with Gasteiger partial charge in [-0.25, -0.2) is 0 Å². The Bertz CT molecular complexity index is 401. The molecular weight excluding hydrogens is 278 g/mol. The molecule has 0 aliphatic carbocycles. The lowest BCUT2D eigenvalue weighted by atomic mass is 10.1. The second kappa shape index (κ2) is 6.22. The van der Waals surface area contributed by atoms with E-state index in [2.05, 4.69) is 40.4 Å². The van der Waals surface area contributed by atoms with Crippen LogP contribution in [0, 0.1) is 0 Å². The topological polar surface area (TPSA) is 23.5 Å². The minimum Gasteiger partial charge on any atom is -0.389 e. The van der Waals surface area contributed by atoms with Gasteiger partial charge < -0.3 is 10.0 Å². The minimum absolute atomic E-state index is 0.461. The molecule has 0 saturated heterocycles. The van der Waals surface area contributed by atoms with Crippen LogP contribution in [-0.4, -0.2) is 18.2 Å². The summed E-state index contributed by atoms with van der Waals surface area (Å²) in [5.74, 6) is 0. The van der Waals surface area contributed by atoms with E-state index < -0.39 is 6.10 Å². The van der Waals surface area contributed by atoms with Crippen molar-refractivity contribution in [1.82, 2.24) is 0 Å². The van der Waals surface area contributed by atoms with Crippen molar-refractivity contribution in [2.45, 2.75) is 26.9 Å².